The topological polar surface area (TPSA) is 58.4 Å². The molecule has 6 heteroatoms. The molecule has 5 atom stereocenters. The Kier molecular flexibility index (Phi) is 6.24. The van der Waals surface area contributed by atoms with E-state index >= 15 is 0 Å². The average Bonchev–Trinajstić information content (AvgIpc) is 3.58. The second kappa shape index (κ2) is 8.56. The number of nitrogens with two attached hydrogens (primary N) is 1. The van der Waals surface area contributed by atoms with Gasteiger partial charge in [0.25, 0.3) is 0 Å². The predicted octanol–water partition coefficient (Wildman–Crippen LogP) is 4.22. The molecular weight excluding hydrogens is 398 g/mol. The molecule has 4 rings (SSSR count). The maximum Gasteiger partial charge on any atom is 0.317 e. The summed E-state index contributed by atoms with van der Waals surface area (Å²) in [6.07, 6.45) is 4.55. The van der Waals surface area contributed by atoms with Crippen LogP contribution in [0.25, 0.3) is 5.57 Å². The van der Waals surface area contributed by atoms with E-state index < -0.39 is 0 Å². The van der Waals surface area contributed by atoms with Crippen molar-refractivity contribution in [1.82, 2.24) is 10.2 Å². The van der Waals surface area contributed by atoms with Crippen LogP contribution in [0.5, 0.6) is 0 Å². The molecule has 1 aliphatic carbocycles. The Hall–Kier alpha value is -1.11. The summed E-state index contributed by atoms with van der Waals surface area (Å²) < 4.78 is 0.316. The van der Waals surface area contributed by atoms with Crippen molar-refractivity contribution in [2.75, 3.05) is 19.6 Å². The predicted molar refractivity (Wildman–Crippen MR) is 126 cm³/mol. The first-order valence-electron chi connectivity index (χ1n) is 10.8. The average molecular weight is 432 g/mol. The lowest BCUT2D eigenvalue weighted by Gasteiger charge is -2.27. The molecule has 158 valence electrons. The van der Waals surface area contributed by atoms with Gasteiger partial charge in [-0.3, -0.25) is 0 Å². The van der Waals surface area contributed by atoms with Gasteiger partial charge in [0.05, 0.1) is 0 Å². The molecule has 2 amide bonds. The van der Waals surface area contributed by atoms with Gasteiger partial charge in [0.15, 0.2) is 0 Å². The summed E-state index contributed by atoms with van der Waals surface area (Å²) in [7, 11) is 0. The van der Waals surface area contributed by atoms with Gasteiger partial charge < -0.3 is 16.0 Å². The lowest BCUT2D eigenvalue weighted by atomic mass is 9.83. The molecule has 4 nitrogen and oxygen atoms in total. The monoisotopic (exact) mass is 431 g/mol. The van der Waals surface area contributed by atoms with E-state index in [0.29, 0.717) is 39.5 Å². The van der Waals surface area contributed by atoms with E-state index in [9.17, 15) is 4.79 Å². The fraction of sp³-hybridized carbons (Fsp3) is 0.609. The van der Waals surface area contributed by atoms with Crippen LogP contribution in [-0.2, 0) is 0 Å². The van der Waals surface area contributed by atoms with Crippen molar-refractivity contribution < 1.29 is 4.79 Å². The molecule has 2 fully saturated rings. The summed E-state index contributed by atoms with van der Waals surface area (Å²) >= 11 is 4.21. The molecule has 1 aromatic carbocycles. The summed E-state index contributed by atoms with van der Waals surface area (Å²) in [5.74, 6) is 0.583. The molecule has 4 unspecified atom stereocenters. The van der Waals surface area contributed by atoms with Crippen molar-refractivity contribution in [3.8, 4) is 0 Å². The number of nitrogens with one attached hydrogen (secondary N) is 1. The summed E-state index contributed by atoms with van der Waals surface area (Å²) in [6, 6.07) is 11.0. The molecule has 2 heterocycles. The molecule has 0 bridgehead atoms. The Labute approximate surface area is 183 Å². The van der Waals surface area contributed by atoms with E-state index in [0.717, 1.165) is 19.4 Å². The van der Waals surface area contributed by atoms with Gasteiger partial charge in [0, 0.05) is 46.2 Å². The van der Waals surface area contributed by atoms with Crippen molar-refractivity contribution in [2.24, 2.45) is 11.7 Å². The number of benzene rings is 1. The molecule has 0 saturated carbocycles. The summed E-state index contributed by atoms with van der Waals surface area (Å²) in [4.78, 5) is 14.7. The van der Waals surface area contributed by atoms with Crippen LogP contribution in [0.2, 0.25) is 0 Å². The van der Waals surface area contributed by atoms with E-state index in [1.165, 1.54) is 11.1 Å². The zero-order valence-electron chi connectivity index (χ0n) is 17.6. The first-order valence-corrected chi connectivity index (χ1v) is 12.6. The smallest absolute Gasteiger partial charge is 0.317 e. The van der Waals surface area contributed by atoms with E-state index in [2.05, 4.69) is 86.0 Å². The number of hydrogen-bond donors (Lipinski definition) is 2. The highest BCUT2D eigenvalue weighted by Crippen LogP contribution is 2.74. The minimum absolute atomic E-state index is 0.0403. The first kappa shape index (κ1) is 21.1. The van der Waals surface area contributed by atoms with Gasteiger partial charge in [-0.2, -0.15) is 0 Å². The first-order chi connectivity index (χ1) is 13.9. The number of amides is 2. The van der Waals surface area contributed by atoms with E-state index in [1.807, 2.05) is 4.90 Å². The Balaban J connectivity index is 1.35. The fourth-order valence-corrected chi connectivity index (χ4v) is 7.97. The third-order valence-corrected chi connectivity index (χ3v) is 9.46. The molecule has 0 spiro atoms. The van der Waals surface area contributed by atoms with Crippen molar-refractivity contribution in [1.29, 1.82) is 0 Å². The number of thioether (sulfide) groups is 2. The van der Waals surface area contributed by atoms with Crippen molar-refractivity contribution in [2.45, 2.75) is 60.2 Å². The Morgan fingerprint density at radius 3 is 2.69 bits per heavy atom. The van der Waals surface area contributed by atoms with Gasteiger partial charge in [0.2, 0.25) is 0 Å². The molecule has 3 aliphatic rings. The number of carbonyl (C=O) groups is 1. The van der Waals surface area contributed by atoms with Crippen LogP contribution in [0.15, 0.2) is 36.4 Å². The lowest BCUT2D eigenvalue weighted by molar-refractivity contribution is 0.192. The highest BCUT2D eigenvalue weighted by atomic mass is 32.2. The van der Waals surface area contributed by atoms with Gasteiger partial charge in [-0.15, -0.1) is 23.5 Å². The highest BCUT2D eigenvalue weighted by molar-refractivity contribution is 8.14. The molecule has 2 saturated heterocycles. The second-order valence-corrected chi connectivity index (χ2v) is 11.8. The minimum atomic E-state index is 0.0403. The number of carbonyl (C=O) groups excluding carboxylic acids is 1. The van der Waals surface area contributed by atoms with Crippen LogP contribution in [-0.4, -0.2) is 57.1 Å². The molecule has 1 aromatic rings. The number of hydrogen-bond acceptors (Lipinski definition) is 4. The molecule has 3 N–H and O–H groups in total. The maximum absolute atomic E-state index is 12.8. The molecular formula is C23H33N3OS2. The van der Waals surface area contributed by atoms with Crippen LogP contribution in [0, 0.1) is 5.92 Å². The van der Waals surface area contributed by atoms with Crippen LogP contribution >= 0.6 is 23.5 Å². The lowest BCUT2D eigenvalue weighted by Crippen LogP contribution is -2.48. The normalized spacial score (nSPS) is 30.1. The quantitative estimate of drug-likeness (QED) is 0.575. The summed E-state index contributed by atoms with van der Waals surface area (Å²) in [6.45, 7) is 8.44. The van der Waals surface area contributed by atoms with Crippen molar-refractivity contribution in [3.63, 3.8) is 0 Å². The molecule has 29 heavy (non-hydrogen) atoms. The van der Waals surface area contributed by atoms with Crippen LogP contribution in [0.1, 0.15) is 39.2 Å². The third-order valence-electron chi connectivity index (χ3n) is 6.15. The van der Waals surface area contributed by atoms with Gasteiger partial charge in [-0.05, 0) is 36.8 Å². The number of fused-ring (bicyclic) bond motifs is 3. The van der Waals surface area contributed by atoms with Gasteiger partial charge in [-0.25, -0.2) is 4.79 Å². The van der Waals surface area contributed by atoms with Crippen molar-refractivity contribution >= 4 is 35.1 Å². The minimum Gasteiger partial charge on any atom is -0.335 e. The number of urea groups is 1. The summed E-state index contributed by atoms with van der Waals surface area (Å²) in [5.41, 5.74) is 8.62. The third kappa shape index (κ3) is 4.49. The summed E-state index contributed by atoms with van der Waals surface area (Å²) in [5, 5.41) is 5.17. The fourth-order valence-electron chi connectivity index (χ4n) is 4.47. The van der Waals surface area contributed by atoms with Crippen molar-refractivity contribution in [3.05, 3.63) is 42.0 Å². The Morgan fingerprint density at radius 1 is 1.24 bits per heavy atom. The molecule has 2 aliphatic heterocycles. The second-order valence-electron chi connectivity index (χ2n) is 8.97. The van der Waals surface area contributed by atoms with Gasteiger partial charge in [0.1, 0.15) is 0 Å². The Morgan fingerprint density at radius 2 is 2.00 bits per heavy atom. The molecule has 0 aromatic heterocycles. The van der Waals surface area contributed by atoms with E-state index in [4.69, 9.17) is 5.73 Å². The van der Waals surface area contributed by atoms with Crippen LogP contribution in [0.3, 0.4) is 0 Å². The van der Waals surface area contributed by atoms with Gasteiger partial charge >= 0.3 is 6.03 Å². The number of rotatable bonds is 9. The maximum atomic E-state index is 12.8. The van der Waals surface area contributed by atoms with E-state index in [-0.39, 0.29) is 12.1 Å². The molecule has 0 radical (unpaired) electrons. The number of nitrogens with zero attached hydrogens (tertiary/aromatic N) is 1. The zero-order valence-corrected chi connectivity index (χ0v) is 19.3. The SMILES string of the molecule is CC(C)CCN(CCN)C(=O)N[C@@H](C)CC12SC1C=C(c1ccccc1)C1SC12. The van der Waals surface area contributed by atoms with Gasteiger partial charge in [-0.1, -0.05) is 50.3 Å². The van der Waals surface area contributed by atoms with Crippen LogP contribution < -0.4 is 11.1 Å². The van der Waals surface area contributed by atoms with Crippen LogP contribution in [0.4, 0.5) is 4.79 Å². The Bertz CT molecular complexity index is 769. The van der Waals surface area contributed by atoms with E-state index in [1.54, 1.807) is 0 Å². The zero-order chi connectivity index (χ0) is 20.6. The standard InChI is InChI=1S/C23H33N3OS2/c1-15(2)9-11-26(12-10-24)22(27)25-16(3)14-23-19(29-23)13-18(20-21(23)28-20)17-7-5-4-6-8-17/h4-8,13,15-16,19-21H,9-12,14,24H2,1-3H3,(H,25,27)/t16-,19?,20?,21?,23?/m0/s1. The largest absolute Gasteiger partial charge is 0.335 e. The highest BCUT2D eigenvalue weighted by Gasteiger charge is 2.70.